The zero-order chi connectivity index (χ0) is 22.0. The third-order valence-electron chi connectivity index (χ3n) is 4.99. The summed E-state index contributed by atoms with van der Waals surface area (Å²) in [6.07, 6.45) is 4.47. The molecule has 0 aliphatic heterocycles. The number of rotatable bonds is 6. The highest BCUT2D eigenvalue weighted by Gasteiger charge is 2.19. The third kappa shape index (κ3) is 4.35. The summed E-state index contributed by atoms with van der Waals surface area (Å²) in [4.78, 5) is 15.9. The van der Waals surface area contributed by atoms with Gasteiger partial charge in [-0.2, -0.15) is 5.10 Å². The maximum Gasteiger partial charge on any atom is 0.242 e. The van der Waals surface area contributed by atoms with Crippen LogP contribution in [0.4, 0.5) is 13.2 Å². The molecule has 1 unspecified atom stereocenters. The Hall–Kier alpha value is -3.88. The minimum absolute atomic E-state index is 0.0626. The molecule has 158 valence electrons. The maximum atomic E-state index is 13.9. The fraction of sp³-hybridized carbons (Fsp3) is 0.136. The summed E-state index contributed by atoms with van der Waals surface area (Å²) in [5, 5.41) is 16.3. The summed E-state index contributed by atoms with van der Waals surface area (Å²) in [7, 11) is 0. The first-order valence-electron chi connectivity index (χ1n) is 9.42. The van der Waals surface area contributed by atoms with Crippen LogP contribution in [-0.4, -0.2) is 24.9 Å². The lowest BCUT2D eigenvalue weighted by Crippen LogP contribution is -2.10. The number of halogens is 3. The molecule has 0 saturated carbocycles. The van der Waals surface area contributed by atoms with Crippen molar-refractivity contribution in [2.45, 2.75) is 18.9 Å². The number of nitrogens with zero attached hydrogens (tertiary/aromatic N) is 3. The number of hydrogen-bond acceptors (Lipinski definition) is 4. The summed E-state index contributed by atoms with van der Waals surface area (Å²) in [5.41, 5.74) is 0.504. The highest BCUT2D eigenvalue weighted by atomic mass is 19.1. The first kappa shape index (κ1) is 20.4. The molecule has 4 aromatic rings. The normalized spacial score (nSPS) is 12.1. The Morgan fingerprint density at radius 1 is 1.00 bits per heavy atom. The largest absolute Gasteiger partial charge is 0.503 e. The van der Waals surface area contributed by atoms with E-state index in [1.54, 1.807) is 22.9 Å². The van der Waals surface area contributed by atoms with Crippen molar-refractivity contribution in [1.29, 1.82) is 0 Å². The van der Waals surface area contributed by atoms with Crippen molar-refractivity contribution in [3.8, 4) is 17.3 Å². The van der Waals surface area contributed by atoms with Gasteiger partial charge in [0.15, 0.2) is 11.6 Å². The van der Waals surface area contributed by atoms with Crippen LogP contribution in [0.3, 0.4) is 0 Å². The fourth-order valence-corrected chi connectivity index (χ4v) is 3.53. The molecule has 6 nitrogen and oxygen atoms in total. The van der Waals surface area contributed by atoms with Crippen LogP contribution in [0.2, 0.25) is 0 Å². The predicted octanol–water partition coefficient (Wildman–Crippen LogP) is 3.98. The van der Waals surface area contributed by atoms with Crippen molar-refractivity contribution >= 4 is 0 Å². The Morgan fingerprint density at radius 2 is 1.71 bits per heavy atom. The van der Waals surface area contributed by atoms with Crippen LogP contribution < -0.4 is 5.43 Å². The molecule has 0 spiro atoms. The van der Waals surface area contributed by atoms with Gasteiger partial charge in [0.05, 0.1) is 6.20 Å². The number of imidazole rings is 1. The molecule has 0 radical (unpaired) electrons. The van der Waals surface area contributed by atoms with Gasteiger partial charge in [0.2, 0.25) is 5.43 Å². The second-order valence-electron chi connectivity index (χ2n) is 7.00. The van der Waals surface area contributed by atoms with Crippen molar-refractivity contribution in [2.75, 3.05) is 0 Å². The van der Waals surface area contributed by atoms with Gasteiger partial charge >= 0.3 is 0 Å². The molecule has 9 heteroatoms. The van der Waals surface area contributed by atoms with Gasteiger partial charge < -0.3 is 9.67 Å². The van der Waals surface area contributed by atoms with Crippen LogP contribution in [0.5, 0.6) is 5.75 Å². The minimum Gasteiger partial charge on any atom is -0.503 e. The molecule has 4 rings (SSSR count). The van der Waals surface area contributed by atoms with Gasteiger partial charge in [0, 0.05) is 30.9 Å². The Balaban J connectivity index is 1.68. The maximum absolute atomic E-state index is 13.9. The molecule has 2 heterocycles. The standard InChI is InChI=1S/C22H17F3N4O2/c23-15-3-1-13(2-4-15)18(14-9-16(24)11-17(25)10-14)5-7-29-8-6-26-22(29)20-21(31)19(30)12-27-28-20/h1-4,6,8-12,18H,5,7H2,(H,27,31)(H,28,30). The van der Waals surface area contributed by atoms with Crippen LogP contribution in [0.25, 0.3) is 11.5 Å². The number of aromatic amines is 1. The molecular formula is C22H17F3N4O2. The minimum atomic E-state index is -0.705. The van der Waals surface area contributed by atoms with E-state index >= 15 is 0 Å². The van der Waals surface area contributed by atoms with Crippen LogP contribution in [0.1, 0.15) is 23.5 Å². The molecule has 0 aliphatic carbocycles. The number of nitrogens with one attached hydrogen (secondary N) is 1. The van der Waals surface area contributed by atoms with E-state index in [2.05, 4.69) is 15.2 Å². The summed E-state index contributed by atoms with van der Waals surface area (Å²) in [6.45, 7) is 0.325. The number of benzene rings is 2. The Morgan fingerprint density at radius 3 is 2.42 bits per heavy atom. The highest BCUT2D eigenvalue weighted by Crippen LogP contribution is 2.31. The topological polar surface area (TPSA) is 83.8 Å². The quantitative estimate of drug-likeness (QED) is 0.489. The van der Waals surface area contributed by atoms with E-state index in [-0.39, 0.29) is 11.5 Å². The lowest BCUT2D eigenvalue weighted by Gasteiger charge is -2.19. The smallest absolute Gasteiger partial charge is 0.242 e. The zero-order valence-electron chi connectivity index (χ0n) is 16.1. The van der Waals surface area contributed by atoms with E-state index in [9.17, 15) is 23.1 Å². The molecule has 0 amide bonds. The van der Waals surface area contributed by atoms with Crippen molar-refractivity contribution in [1.82, 2.24) is 19.7 Å². The molecule has 1 atom stereocenters. The van der Waals surface area contributed by atoms with Crippen molar-refractivity contribution in [2.24, 2.45) is 0 Å². The van der Waals surface area contributed by atoms with E-state index in [0.29, 0.717) is 24.1 Å². The van der Waals surface area contributed by atoms with E-state index in [1.165, 1.54) is 30.5 Å². The molecule has 0 fully saturated rings. The highest BCUT2D eigenvalue weighted by molar-refractivity contribution is 5.57. The van der Waals surface area contributed by atoms with Gasteiger partial charge in [-0.3, -0.25) is 9.89 Å². The molecule has 0 bridgehead atoms. The molecular weight excluding hydrogens is 409 g/mol. The molecule has 2 aromatic carbocycles. The first-order chi connectivity index (χ1) is 14.9. The Bertz CT molecular complexity index is 1250. The Labute approximate surface area is 174 Å². The molecule has 31 heavy (non-hydrogen) atoms. The van der Waals surface area contributed by atoms with Gasteiger partial charge in [-0.05, 0) is 41.8 Å². The lowest BCUT2D eigenvalue weighted by atomic mass is 9.88. The number of aromatic nitrogens is 4. The summed E-state index contributed by atoms with van der Waals surface area (Å²) in [6, 6.07) is 9.01. The number of H-pyrrole nitrogens is 1. The van der Waals surface area contributed by atoms with Crippen molar-refractivity contribution in [3.05, 3.63) is 99.9 Å². The van der Waals surface area contributed by atoms with Gasteiger partial charge in [-0.15, -0.1) is 0 Å². The predicted molar refractivity (Wildman–Crippen MR) is 107 cm³/mol. The summed E-state index contributed by atoms with van der Waals surface area (Å²) < 4.78 is 42.8. The van der Waals surface area contributed by atoms with E-state index < -0.39 is 34.5 Å². The monoisotopic (exact) mass is 426 g/mol. The summed E-state index contributed by atoms with van der Waals surface area (Å²) >= 11 is 0. The van der Waals surface area contributed by atoms with E-state index in [4.69, 9.17) is 0 Å². The van der Waals surface area contributed by atoms with Crippen LogP contribution >= 0.6 is 0 Å². The average molecular weight is 426 g/mol. The second-order valence-corrected chi connectivity index (χ2v) is 7.00. The van der Waals surface area contributed by atoms with Crippen molar-refractivity contribution < 1.29 is 18.3 Å². The fourth-order valence-electron chi connectivity index (χ4n) is 3.53. The number of hydrogen-bond donors (Lipinski definition) is 2. The number of aromatic hydroxyl groups is 1. The van der Waals surface area contributed by atoms with Crippen LogP contribution in [-0.2, 0) is 6.54 Å². The van der Waals surface area contributed by atoms with Gasteiger partial charge in [-0.1, -0.05) is 12.1 Å². The molecule has 0 saturated heterocycles. The Kier molecular flexibility index (Phi) is 5.57. The van der Waals surface area contributed by atoms with Gasteiger partial charge in [0.1, 0.15) is 23.1 Å². The molecule has 0 aliphatic rings. The first-order valence-corrected chi connectivity index (χ1v) is 9.42. The second kappa shape index (κ2) is 8.47. The SMILES string of the molecule is O=c1cn[nH]c(-c2nccn2CCC(c2ccc(F)cc2)c2cc(F)cc(F)c2)c1O. The van der Waals surface area contributed by atoms with Crippen LogP contribution in [0.15, 0.2) is 65.8 Å². The molecule has 2 N–H and O–H groups in total. The lowest BCUT2D eigenvalue weighted by molar-refractivity contribution is 0.466. The third-order valence-corrected chi connectivity index (χ3v) is 4.99. The number of aryl methyl sites for hydroxylation is 1. The van der Waals surface area contributed by atoms with Crippen LogP contribution in [0, 0.1) is 17.5 Å². The van der Waals surface area contributed by atoms with Gasteiger partial charge in [0.25, 0.3) is 0 Å². The molecule has 2 aromatic heterocycles. The zero-order valence-corrected chi connectivity index (χ0v) is 16.1. The average Bonchev–Trinajstić information content (AvgIpc) is 3.19. The van der Waals surface area contributed by atoms with Gasteiger partial charge in [-0.25, -0.2) is 18.2 Å². The van der Waals surface area contributed by atoms with E-state index in [1.807, 2.05) is 0 Å². The van der Waals surface area contributed by atoms with Crippen molar-refractivity contribution in [3.63, 3.8) is 0 Å². The van der Waals surface area contributed by atoms with E-state index in [0.717, 1.165) is 12.3 Å². The summed E-state index contributed by atoms with van der Waals surface area (Å²) in [5.74, 6) is -2.49.